The minimum atomic E-state index is -0.00315. The van der Waals surface area contributed by atoms with Gasteiger partial charge in [0.05, 0.1) is 6.61 Å². The van der Waals surface area contributed by atoms with Crippen LogP contribution in [0.1, 0.15) is 59.4 Å². The van der Waals surface area contributed by atoms with E-state index < -0.39 is 0 Å². The van der Waals surface area contributed by atoms with E-state index in [1.54, 1.807) is 0 Å². The summed E-state index contributed by atoms with van der Waals surface area (Å²) in [5.41, 5.74) is 1.73. The van der Waals surface area contributed by atoms with Gasteiger partial charge in [0.2, 0.25) is 5.91 Å². The number of amides is 1. The summed E-state index contributed by atoms with van der Waals surface area (Å²) in [6.45, 7) is 10.5. The highest BCUT2D eigenvalue weighted by Gasteiger charge is 2.27. The van der Waals surface area contributed by atoms with Crippen molar-refractivity contribution in [2.24, 2.45) is 5.41 Å². The maximum atomic E-state index is 12.8. The Morgan fingerprint density at radius 1 is 1.33 bits per heavy atom. The molecule has 3 heteroatoms. The fourth-order valence-corrected chi connectivity index (χ4v) is 2.25. The lowest BCUT2D eigenvalue weighted by atomic mass is 9.85. The zero-order valence-corrected chi connectivity index (χ0v) is 14.0. The van der Waals surface area contributed by atoms with Gasteiger partial charge >= 0.3 is 0 Å². The molecular weight excluding hydrogens is 262 g/mol. The highest BCUT2D eigenvalue weighted by molar-refractivity contribution is 5.94. The summed E-state index contributed by atoms with van der Waals surface area (Å²) in [6, 6.07) is 7.78. The first kappa shape index (κ1) is 17.7. The fraction of sp³-hybridized carbons (Fsp3) is 0.611. The first-order chi connectivity index (χ1) is 9.84. The molecule has 0 saturated carbocycles. The quantitative estimate of drug-likeness (QED) is 0.820. The molecule has 0 fully saturated rings. The molecule has 118 valence electrons. The average Bonchev–Trinajstić information content (AvgIpc) is 2.47. The van der Waals surface area contributed by atoms with Crippen molar-refractivity contribution in [2.75, 3.05) is 4.90 Å². The van der Waals surface area contributed by atoms with Gasteiger partial charge in [0.25, 0.3) is 0 Å². The average molecular weight is 291 g/mol. The van der Waals surface area contributed by atoms with Gasteiger partial charge in [-0.3, -0.25) is 4.79 Å². The van der Waals surface area contributed by atoms with Crippen LogP contribution in [0, 0.1) is 5.41 Å². The van der Waals surface area contributed by atoms with E-state index in [4.69, 9.17) is 0 Å². The Morgan fingerprint density at radius 3 is 2.52 bits per heavy atom. The van der Waals surface area contributed by atoms with E-state index in [0.717, 1.165) is 24.1 Å². The van der Waals surface area contributed by atoms with Gasteiger partial charge in [-0.2, -0.15) is 0 Å². The third-order valence-corrected chi connectivity index (χ3v) is 4.26. The summed E-state index contributed by atoms with van der Waals surface area (Å²) in [4.78, 5) is 14.7. The number of nitrogens with zero attached hydrogens (tertiary/aromatic N) is 1. The van der Waals surface area contributed by atoms with Crippen LogP contribution in [0.25, 0.3) is 0 Å². The summed E-state index contributed by atoms with van der Waals surface area (Å²) >= 11 is 0. The van der Waals surface area contributed by atoms with Crippen LogP contribution in [0.2, 0.25) is 0 Å². The number of hydrogen-bond acceptors (Lipinski definition) is 2. The summed E-state index contributed by atoms with van der Waals surface area (Å²) < 4.78 is 0. The summed E-state index contributed by atoms with van der Waals surface area (Å²) in [5, 5.41) is 9.30. The molecule has 0 spiro atoms. The minimum Gasteiger partial charge on any atom is -0.392 e. The third-order valence-electron chi connectivity index (χ3n) is 4.26. The fourth-order valence-electron chi connectivity index (χ4n) is 2.25. The van der Waals surface area contributed by atoms with E-state index in [0.29, 0.717) is 6.42 Å². The maximum absolute atomic E-state index is 12.8. The lowest BCUT2D eigenvalue weighted by Crippen LogP contribution is -2.40. The number of anilines is 1. The number of carbonyl (C=O) groups is 1. The maximum Gasteiger partial charge on any atom is 0.227 e. The topological polar surface area (TPSA) is 40.5 Å². The summed E-state index contributed by atoms with van der Waals surface area (Å²) in [7, 11) is 0. The predicted molar refractivity (Wildman–Crippen MR) is 88.3 cm³/mol. The van der Waals surface area contributed by atoms with Crippen LogP contribution in [0.3, 0.4) is 0 Å². The third kappa shape index (κ3) is 4.85. The molecule has 1 atom stereocenters. The van der Waals surface area contributed by atoms with E-state index in [2.05, 4.69) is 34.6 Å². The SMILES string of the molecule is CCC(C)N(C(=O)CC(C)(C)CC)c1cccc(CO)c1. The van der Waals surface area contributed by atoms with Crippen molar-refractivity contribution in [1.29, 1.82) is 0 Å². The molecule has 21 heavy (non-hydrogen) atoms. The van der Waals surface area contributed by atoms with E-state index >= 15 is 0 Å². The number of aliphatic hydroxyl groups is 1. The van der Waals surface area contributed by atoms with Crippen LogP contribution in [0.5, 0.6) is 0 Å². The van der Waals surface area contributed by atoms with Crippen LogP contribution < -0.4 is 4.90 Å². The van der Waals surface area contributed by atoms with Gasteiger partial charge in [-0.1, -0.05) is 46.2 Å². The Morgan fingerprint density at radius 2 is 2.00 bits per heavy atom. The zero-order valence-electron chi connectivity index (χ0n) is 14.0. The molecule has 1 amide bonds. The number of aliphatic hydroxyl groups excluding tert-OH is 1. The minimum absolute atomic E-state index is 0.00315. The molecule has 0 aliphatic carbocycles. The molecule has 0 bridgehead atoms. The molecule has 0 aliphatic rings. The van der Waals surface area contributed by atoms with Gasteiger partial charge in [-0.15, -0.1) is 0 Å². The molecule has 1 unspecified atom stereocenters. The second kappa shape index (κ2) is 7.60. The molecule has 3 nitrogen and oxygen atoms in total. The van der Waals surface area contributed by atoms with E-state index in [1.165, 1.54) is 0 Å². The summed E-state index contributed by atoms with van der Waals surface area (Å²) in [5.74, 6) is 0.159. The molecule has 0 saturated heterocycles. The Bertz CT molecular complexity index is 468. The van der Waals surface area contributed by atoms with Gasteiger partial charge in [0.15, 0.2) is 0 Å². The Kier molecular flexibility index (Phi) is 6.41. The summed E-state index contributed by atoms with van der Waals surface area (Å²) in [6.07, 6.45) is 2.42. The second-order valence-corrected chi connectivity index (χ2v) is 6.54. The van der Waals surface area contributed by atoms with E-state index in [9.17, 15) is 9.90 Å². The molecule has 1 rings (SSSR count). The number of rotatable bonds is 7. The highest BCUT2D eigenvalue weighted by Crippen LogP contribution is 2.29. The van der Waals surface area contributed by atoms with Crippen molar-refractivity contribution in [1.82, 2.24) is 0 Å². The van der Waals surface area contributed by atoms with Gasteiger partial charge in [0.1, 0.15) is 0 Å². The van der Waals surface area contributed by atoms with Crippen LogP contribution in [-0.4, -0.2) is 17.1 Å². The van der Waals surface area contributed by atoms with Gasteiger partial charge in [-0.05, 0) is 36.5 Å². The standard InChI is InChI=1S/C18H29NO2/c1-6-14(3)19(17(21)12-18(4,5)7-2)16-10-8-9-15(11-16)13-20/h8-11,14,20H,6-7,12-13H2,1-5H3. The predicted octanol–water partition coefficient (Wildman–Crippen LogP) is 4.14. The van der Waals surface area contributed by atoms with E-state index in [1.807, 2.05) is 29.2 Å². The van der Waals surface area contributed by atoms with Crippen LogP contribution in [0.15, 0.2) is 24.3 Å². The van der Waals surface area contributed by atoms with Crippen molar-refractivity contribution < 1.29 is 9.90 Å². The van der Waals surface area contributed by atoms with Crippen molar-refractivity contribution >= 4 is 11.6 Å². The highest BCUT2D eigenvalue weighted by atomic mass is 16.3. The van der Waals surface area contributed by atoms with Crippen molar-refractivity contribution in [2.45, 2.75) is 66.5 Å². The van der Waals surface area contributed by atoms with Crippen molar-refractivity contribution in [3.8, 4) is 0 Å². The Labute approximate surface area is 129 Å². The van der Waals surface area contributed by atoms with Gasteiger partial charge in [-0.25, -0.2) is 0 Å². The van der Waals surface area contributed by atoms with Gasteiger partial charge in [0, 0.05) is 18.2 Å². The zero-order chi connectivity index (χ0) is 16.0. The smallest absolute Gasteiger partial charge is 0.227 e. The molecule has 0 aliphatic heterocycles. The molecule has 1 aromatic carbocycles. The molecule has 0 aromatic heterocycles. The Balaban J connectivity index is 3.08. The number of hydrogen-bond donors (Lipinski definition) is 1. The van der Waals surface area contributed by atoms with Gasteiger partial charge < -0.3 is 10.0 Å². The number of carbonyl (C=O) groups excluding carboxylic acids is 1. The lowest BCUT2D eigenvalue weighted by molar-refractivity contribution is -0.121. The lowest BCUT2D eigenvalue weighted by Gasteiger charge is -2.32. The molecule has 1 N–H and O–H groups in total. The van der Waals surface area contributed by atoms with Crippen LogP contribution in [-0.2, 0) is 11.4 Å². The second-order valence-electron chi connectivity index (χ2n) is 6.54. The Hall–Kier alpha value is -1.35. The molecular formula is C18H29NO2. The van der Waals surface area contributed by atoms with E-state index in [-0.39, 0.29) is 24.0 Å². The molecule has 1 aromatic rings. The monoisotopic (exact) mass is 291 g/mol. The number of benzene rings is 1. The first-order valence-electron chi connectivity index (χ1n) is 7.86. The largest absolute Gasteiger partial charge is 0.392 e. The molecule has 0 heterocycles. The first-order valence-corrected chi connectivity index (χ1v) is 7.86. The van der Waals surface area contributed by atoms with Crippen LogP contribution in [0.4, 0.5) is 5.69 Å². The molecule has 0 radical (unpaired) electrons. The van der Waals surface area contributed by atoms with Crippen molar-refractivity contribution in [3.63, 3.8) is 0 Å². The normalized spacial score (nSPS) is 13.0. The van der Waals surface area contributed by atoms with Crippen LogP contribution >= 0.6 is 0 Å². The van der Waals surface area contributed by atoms with Crippen molar-refractivity contribution in [3.05, 3.63) is 29.8 Å².